The van der Waals surface area contributed by atoms with Crippen molar-refractivity contribution in [2.45, 2.75) is 13.1 Å². The van der Waals surface area contributed by atoms with Gasteiger partial charge in [0.15, 0.2) is 17.5 Å². The first kappa shape index (κ1) is 27.1. The van der Waals surface area contributed by atoms with Gasteiger partial charge >= 0.3 is 0 Å². The van der Waals surface area contributed by atoms with Crippen LogP contribution in [0.4, 0.5) is 0 Å². The average molecular weight is 594 g/mol. The summed E-state index contributed by atoms with van der Waals surface area (Å²) in [7, 11) is -1.97. The summed E-state index contributed by atoms with van der Waals surface area (Å²) in [6.07, 6.45) is 0. The highest BCUT2D eigenvalue weighted by Crippen LogP contribution is 2.34. The average Bonchev–Trinajstić information content (AvgIpc) is 3.35. The van der Waals surface area contributed by atoms with Gasteiger partial charge in [0.1, 0.15) is 8.07 Å². The highest BCUT2D eigenvalue weighted by atomic mass is 28.3. The van der Waals surface area contributed by atoms with Crippen LogP contribution in [0.5, 0.6) is 0 Å². The summed E-state index contributed by atoms with van der Waals surface area (Å²) >= 11 is 0. The van der Waals surface area contributed by atoms with E-state index in [0.717, 1.165) is 28.1 Å². The minimum atomic E-state index is -1.97. The molecule has 0 saturated heterocycles. The zero-order valence-electron chi connectivity index (χ0n) is 25.3. The van der Waals surface area contributed by atoms with Crippen molar-refractivity contribution in [1.82, 2.24) is 15.0 Å². The molecule has 3 nitrogen and oxygen atoms in total. The predicted octanol–water partition coefficient (Wildman–Crippen LogP) is 9.01. The van der Waals surface area contributed by atoms with Gasteiger partial charge in [-0.2, -0.15) is 0 Å². The van der Waals surface area contributed by atoms with Gasteiger partial charge in [0.2, 0.25) is 0 Å². The lowest BCUT2D eigenvalue weighted by Crippen LogP contribution is -2.50. The third kappa shape index (κ3) is 4.80. The Morgan fingerprint density at radius 1 is 0.333 bits per heavy atom. The Bertz CT molecular complexity index is 2160. The van der Waals surface area contributed by atoms with E-state index in [1.54, 1.807) is 0 Å². The lowest BCUT2D eigenvalue weighted by molar-refractivity contribution is 1.08. The molecule has 0 bridgehead atoms. The van der Waals surface area contributed by atoms with Crippen molar-refractivity contribution in [2.24, 2.45) is 0 Å². The smallest absolute Gasteiger partial charge is 0.164 e. The van der Waals surface area contributed by atoms with Crippen molar-refractivity contribution in [3.63, 3.8) is 0 Å². The first-order chi connectivity index (χ1) is 22.1. The van der Waals surface area contributed by atoms with E-state index < -0.39 is 8.07 Å². The molecule has 7 aromatic rings. The molecule has 0 amide bonds. The summed E-state index contributed by atoms with van der Waals surface area (Å²) in [5.74, 6) is 2.09. The summed E-state index contributed by atoms with van der Waals surface area (Å²) in [5.41, 5.74) is 10.5. The maximum atomic E-state index is 5.15. The largest absolute Gasteiger partial charge is 0.208 e. The van der Waals surface area contributed by atoms with E-state index in [0.29, 0.717) is 11.6 Å². The fourth-order valence-corrected chi connectivity index (χ4v) is 10.1. The first-order valence-corrected chi connectivity index (χ1v) is 18.4. The van der Waals surface area contributed by atoms with E-state index in [1.165, 1.54) is 38.2 Å². The Balaban J connectivity index is 1.21. The standard InChI is InChI=1S/C41H31N3Si/c1-45(2)37-19-10-9-16-34(37)35-17-11-18-36(38(35)45)41-43-39(32-14-7-4-8-15-32)42-40(44-41)33-26-24-31(25-27-33)30-22-20-29(21-23-30)28-12-5-3-6-13-28/h3-27H,1-2H3. The molecule has 1 aliphatic rings. The van der Waals surface area contributed by atoms with Gasteiger partial charge in [0, 0.05) is 16.7 Å². The molecule has 4 heteroatoms. The highest BCUT2D eigenvalue weighted by molar-refractivity contribution is 7.04. The van der Waals surface area contributed by atoms with Gasteiger partial charge in [-0.15, -0.1) is 0 Å². The van der Waals surface area contributed by atoms with Crippen molar-refractivity contribution in [3.8, 4) is 67.5 Å². The minimum absolute atomic E-state index is 0.678. The normalized spacial score (nSPS) is 12.8. The molecule has 8 rings (SSSR count). The lowest BCUT2D eigenvalue weighted by Gasteiger charge is -2.21. The first-order valence-electron chi connectivity index (χ1n) is 15.4. The molecule has 214 valence electrons. The number of benzene rings is 6. The van der Waals surface area contributed by atoms with Crippen molar-refractivity contribution in [1.29, 1.82) is 0 Å². The van der Waals surface area contributed by atoms with Crippen LogP contribution in [0.3, 0.4) is 0 Å². The Kier molecular flexibility index (Phi) is 6.58. The summed E-state index contributed by atoms with van der Waals surface area (Å²) in [6, 6.07) is 53.4. The summed E-state index contributed by atoms with van der Waals surface area (Å²) in [5, 5.41) is 2.87. The quantitative estimate of drug-likeness (QED) is 0.187. The predicted molar refractivity (Wildman–Crippen MR) is 189 cm³/mol. The zero-order valence-corrected chi connectivity index (χ0v) is 26.3. The number of fused-ring (bicyclic) bond motifs is 3. The van der Waals surface area contributed by atoms with Crippen LogP contribution >= 0.6 is 0 Å². The van der Waals surface area contributed by atoms with Gasteiger partial charge < -0.3 is 0 Å². The molecule has 6 aromatic carbocycles. The summed E-state index contributed by atoms with van der Waals surface area (Å²) in [4.78, 5) is 15.3. The number of nitrogens with zero attached hydrogens (tertiary/aromatic N) is 3. The van der Waals surface area contributed by atoms with Crippen LogP contribution in [0.25, 0.3) is 67.5 Å². The number of hydrogen-bond donors (Lipinski definition) is 0. The molecule has 0 saturated carbocycles. The molecule has 0 radical (unpaired) electrons. The molecule has 45 heavy (non-hydrogen) atoms. The van der Waals surface area contributed by atoms with Gasteiger partial charge in [-0.25, -0.2) is 15.0 Å². The molecular formula is C41H31N3Si. The topological polar surface area (TPSA) is 38.7 Å². The SMILES string of the molecule is C[Si]1(C)c2ccccc2-c2cccc(-c3nc(-c4ccccc4)nc(-c4ccc(-c5ccc(-c6ccccc6)cc5)cc4)n3)c21. The van der Waals surface area contributed by atoms with E-state index in [4.69, 9.17) is 15.0 Å². The maximum Gasteiger partial charge on any atom is 0.164 e. The second-order valence-electron chi connectivity index (χ2n) is 12.1. The number of rotatable bonds is 5. The molecule has 0 fully saturated rings. The highest BCUT2D eigenvalue weighted by Gasteiger charge is 2.39. The van der Waals surface area contributed by atoms with E-state index in [2.05, 4.69) is 140 Å². The van der Waals surface area contributed by atoms with Gasteiger partial charge in [-0.3, -0.25) is 0 Å². The monoisotopic (exact) mass is 593 g/mol. The molecular weight excluding hydrogens is 563 g/mol. The zero-order chi connectivity index (χ0) is 30.4. The minimum Gasteiger partial charge on any atom is -0.208 e. The molecule has 2 heterocycles. The summed E-state index contributed by atoms with van der Waals surface area (Å²) in [6.45, 7) is 4.87. The Labute approximate surface area is 265 Å². The van der Waals surface area contributed by atoms with E-state index in [1.807, 2.05) is 24.3 Å². The van der Waals surface area contributed by atoms with Gasteiger partial charge in [-0.05, 0) is 43.8 Å². The Morgan fingerprint density at radius 2 is 0.733 bits per heavy atom. The summed E-state index contributed by atoms with van der Waals surface area (Å²) < 4.78 is 0. The molecule has 0 spiro atoms. The van der Waals surface area contributed by atoms with E-state index in [-0.39, 0.29) is 0 Å². The van der Waals surface area contributed by atoms with Crippen LogP contribution in [-0.2, 0) is 0 Å². The molecule has 1 aliphatic heterocycles. The van der Waals surface area contributed by atoms with Crippen LogP contribution in [0.15, 0.2) is 152 Å². The third-order valence-electron chi connectivity index (χ3n) is 8.96. The Morgan fingerprint density at radius 3 is 1.33 bits per heavy atom. The van der Waals surface area contributed by atoms with Crippen LogP contribution in [0.2, 0.25) is 13.1 Å². The molecule has 0 unspecified atom stereocenters. The van der Waals surface area contributed by atoms with Crippen LogP contribution in [-0.4, -0.2) is 23.0 Å². The second kappa shape index (κ2) is 10.9. The fraction of sp³-hybridized carbons (Fsp3) is 0.0488. The number of aromatic nitrogens is 3. The molecule has 1 aromatic heterocycles. The van der Waals surface area contributed by atoms with Crippen LogP contribution < -0.4 is 10.4 Å². The van der Waals surface area contributed by atoms with Crippen molar-refractivity contribution < 1.29 is 0 Å². The van der Waals surface area contributed by atoms with E-state index in [9.17, 15) is 0 Å². The van der Waals surface area contributed by atoms with Crippen LogP contribution in [0, 0.1) is 0 Å². The van der Waals surface area contributed by atoms with Gasteiger partial charge in [0.05, 0.1) is 0 Å². The molecule has 0 atom stereocenters. The van der Waals surface area contributed by atoms with Crippen molar-refractivity contribution >= 4 is 18.4 Å². The maximum absolute atomic E-state index is 5.15. The van der Waals surface area contributed by atoms with Gasteiger partial charge in [0.25, 0.3) is 0 Å². The van der Waals surface area contributed by atoms with Crippen LogP contribution in [0.1, 0.15) is 0 Å². The van der Waals surface area contributed by atoms with Crippen molar-refractivity contribution in [2.75, 3.05) is 0 Å². The number of hydrogen-bond acceptors (Lipinski definition) is 3. The molecule has 0 N–H and O–H groups in total. The lowest BCUT2D eigenvalue weighted by atomic mass is 9.99. The third-order valence-corrected chi connectivity index (χ3v) is 12.5. The second-order valence-corrected chi connectivity index (χ2v) is 16.4. The Hall–Kier alpha value is -5.45. The fourth-order valence-electron chi connectivity index (χ4n) is 6.67. The molecule has 0 aliphatic carbocycles. The van der Waals surface area contributed by atoms with Crippen molar-refractivity contribution in [3.05, 3.63) is 152 Å². The van der Waals surface area contributed by atoms with Gasteiger partial charge in [-0.1, -0.05) is 165 Å². The van der Waals surface area contributed by atoms with E-state index >= 15 is 0 Å².